The lowest BCUT2D eigenvalue weighted by molar-refractivity contribution is 0.306. The maximum atomic E-state index is 6.12. The summed E-state index contributed by atoms with van der Waals surface area (Å²) in [7, 11) is 0. The van der Waals surface area contributed by atoms with Crippen molar-refractivity contribution in [3.8, 4) is 5.75 Å². The van der Waals surface area contributed by atoms with Gasteiger partial charge in [0.25, 0.3) is 0 Å². The van der Waals surface area contributed by atoms with Crippen LogP contribution in [-0.2, 0) is 13.2 Å². The molecule has 148 valence electrons. The van der Waals surface area contributed by atoms with Crippen molar-refractivity contribution in [1.82, 2.24) is 14.5 Å². The van der Waals surface area contributed by atoms with E-state index in [9.17, 15) is 0 Å². The molecule has 0 spiro atoms. The highest BCUT2D eigenvalue weighted by atomic mass is 16.5. The second kappa shape index (κ2) is 7.40. The fraction of sp³-hybridized carbons (Fsp3) is 0.0833. The van der Waals surface area contributed by atoms with Crippen molar-refractivity contribution in [2.75, 3.05) is 11.5 Å². The standard InChI is InChI=1S/C24H21N5O/c25-23-22-19-12-13-29(21(19)11-10-20(22)27-24(26)28-23)14-16-6-8-18(9-7-16)30-15-17-4-2-1-3-5-17/h1-13H,14-15H2,(H4,25,26,27,28). The second-order valence-corrected chi connectivity index (χ2v) is 7.22. The Balaban J connectivity index is 1.37. The molecule has 0 amide bonds. The first kappa shape index (κ1) is 18.0. The molecule has 0 fully saturated rings. The Kier molecular flexibility index (Phi) is 4.44. The fourth-order valence-corrected chi connectivity index (χ4v) is 3.72. The molecule has 0 aliphatic rings. The number of anilines is 2. The largest absolute Gasteiger partial charge is 0.489 e. The summed E-state index contributed by atoms with van der Waals surface area (Å²) in [5.74, 6) is 1.45. The minimum atomic E-state index is 0.188. The van der Waals surface area contributed by atoms with Gasteiger partial charge in [-0.1, -0.05) is 42.5 Å². The van der Waals surface area contributed by atoms with Crippen LogP contribution in [0.5, 0.6) is 5.75 Å². The SMILES string of the molecule is Nc1nc(N)c2c(ccc3c2ccn3Cc2ccc(OCc3ccccc3)cc2)n1. The summed E-state index contributed by atoms with van der Waals surface area (Å²) in [4.78, 5) is 8.41. The Bertz CT molecular complexity index is 1330. The maximum absolute atomic E-state index is 6.12. The summed E-state index contributed by atoms with van der Waals surface area (Å²) in [6.07, 6.45) is 2.06. The number of benzene rings is 3. The van der Waals surface area contributed by atoms with Crippen LogP contribution in [-0.4, -0.2) is 14.5 Å². The van der Waals surface area contributed by atoms with E-state index in [-0.39, 0.29) is 5.95 Å². The highest BCUT2D eigenvalue weighted by Gasteiger charge is 2.11. The maximum Gasteiger partial charge on any atom is 0.222 e. The monoisotopic (exact) mass is 395 g/mol. The molecular weight excluding hydrogens is 374 g/mol. The highest BCUT2D eigenvalue weighted by molar-refractivity contribution is 6.10. The van der Waals surface area contributed by atoms with Gasteiger partial charge in [0.1, 0.15) is 18.2 Å². The Morgan fingerprint density at radius 1 is 0.800 bits per heavy atom. The molecule has 0 bridgehead atoms. The Morgan fingerprint density at radius 2 is 1.60 bits per heavy atom. The lowest BCUT2D eigenvalue weighted by atomic mass is 10.1. The Labute approximate surface area is 173 Å². The number of nitrogens with zero attached hydrogens (tertiary/aromatic N) is 3. The average molecular weight is 395 g/mol. The zero-order valence-electron chi connectivity index (χ0n) is 16.3. The van der Waals surface area contributed by atoms with Gasteiger partial charge in [0.05, 0.1) is 10.9 Å². The number of ether oxygens (including phenoxy) is 1. The van der Waals surface area contributed by atoms with Crippen molar-refractivity contribution in [1.29, 1.82) is 0 Å². The molecule has 2 heterocycles. The molecule has 30 heavy (non-hydrogen) atoms. The molecular formula is C24H21N5O. The van der Waals surface area contributed by atoms with Gasteiger partial charge in [-0.05, 0) is 41.5 Å². The summed E-state index contributed by atoms with van der Waals surface area (Å²) in [6, 6.07) is 24.4. The van der Waals surface area contributed by atoms with Gasteiger partial charge >= 0.3 is 0 Å². The number of hydrogen-bond donors (Lipinski definition) is 2. The summed E-state index contributed by atoms with van der Waals surface area (Å²) in [5.41, 5.74) is 16.0. The van der Waals surface area contributed by atoms with Crippen LogP contribution in [0.2, 0.25) is 0 Å². The molecule has 0 radical (unpaired) electrons. The fourth-order valence-electron chi connectivity index (χ4n) is 3.72. The van der Waals surface area contributed by atoms with Crippen LogP contribution in [0.4, 0.5) is 11.8 Å². The number of nitrogens with two attached hydrogens (primary N) is 2. The summed E-state index contributed by atoms with van der Waals surface area (Å²) in [5, 5.41) is 1.86. The average Bonchev–Trinajstić information content (AvgIpc) is 3.16. The predicted octanol–water partition coefficient (Wildman–Crippen LogP) is 4.38. The first-order valence-corrected chi connectivity index (χ1v) is 9.73. The molecule has 0 atom stereocenters. The molecule has 6 nitrogen and oxygen atoms in total. The zero-order chi connectivity index (χ0) is 20.5. The first-order valence-electron chi connectivity index (χ1n) is 9.73. The molecule has 4 N–H and O–H groups in total. The van der Waals surface area contributed by atoms with E-state index in [0.717, 1.165) is 39.7 Å². The van der Waals surface area contributed by atoms with Gasteiger partial charge in [-0.2, -0.15) is 4.98 Å². The van der Waals surface area contributed by atoms with Crippen LogP contribution in [0.25, 0.3) is 21.8 Å². The van der Waals surface area contributed by atoms with Crippen LogP contribution in [0.1, 0.15) is 11.1 Å². The van der Waals surface area contributed by atoms with Crippen molar-refractivity contribution in [3.05, 3.63) is 90.1 Å². The topological polar surface area (TPSA) is 92.0 Å². The molecule has 2 aromatic heterocycles. The van der Waals surface area contributed by atoms with Crippen molar-refractivity contribution in [3.63, 3.8) is 0 Å². The van der Waals surface area contributed by atoms with E-state index in [2.05, 4.69) is 45.0 Å². The molecule has 5 rings (SSSR count). The third-order valence-corrected chi connectivity index (χ3v) is 5.18. The van der Waals surface area contributed by atoms with Gasteiger partial charge < -0.3 is 20.8 Å². The van der Waals surface area contributed by atoms with E-state index in [1.165, 1.54) is 5.56 Å². The van der Waals surface area contributed by atoms with Gasteiger partial charge in [0, 0.05) is 23.6 Å². The van der Waals surface area contributed by atoms with E-state index in [4.69, 9.17) is 16.2 Å². The minimum Gasteiger partial charge on any atom is -0.489 e. The molecule has 5 aromatic rings. The van der Waals surface area contributed by atoms with Gasteiger partial charge in [-0.3, -0.25) is 0 Å². The van der Waals surface area contributed by atoms with E-state index in [1.54, 1.807) is 0 Å². The second-order valence-electron chi connectivity index (χ2n) is 7.22. The predicted molar refractivity (Wildman–Crippen MR) is 120 cm³/mol. The Hall–Kier alpha value is -4.06. The number of rotatable bonds is 5. The highest BCUT2D eigenvalue weighted by Crippen LogP contribution is 2.29. The van der Waals surface area contributed by atoms with E-state index < -0.39 is 0 Å². The third-order valence-electron chi connectivity index (χ3n) is 5.18. The summed E-state index contributed by atoms with van der Waals surface area (Å²) < 4.78 is 8.06. The van der Waals surface area contributed by atoms with Crippen molar-refractivity contribution in [2.45, 2.75) is 13.2 Å². The first-order chi connectivity index (χ1) is 14.7. The van der Waals surface area contributed by atoms with E-state index >= 15 is 0 Å². The van der Waals surface area contributed by atoms with Crippen molar-refractivity contribution >= 4 is 33.6 Å². The zero-order valence-corrected chi connectivity index (χ0v) is 16.3. The number of aromatic nitrogens is 3. The summed E-state index contributed by atoms with van der Waals surface area (Å²) >= 11 is 0. The molecule has 0 unspecified atom stereocenters. The molecule has 0 aliphatic carbocycles. The number of hydrogen-bond acceptors (Lipinski definition) is 5. The lowest BCUT2D eigenvalue weighted by Crippen LogP contribution is -2.01. The van der Waals surface area contributed by atoms with Crippen LogP contribution in [0.3, 0.4) is 0 Å². The minimum absolute atomic E-state index is 0.188. The quantitative estimate of drug-likeness (QED) is 0.461. The van der Waals surface area contributed by atoms with Crippen molar-refractivity contribution < 1.29 is 4.74 Å². The van der Waals surface area contributed by atoms with E-state index in [0.29, 0.717) is 12.4 Å². The van der Waals surface area contributed by atoms with Crippen LogP contribution in [0.15, 0.2) is 79.0 Å². The molecule has 0 aliphatic heterocycles. The van der Waals surface area contributed by atoms with E-state index in [1.807, 2.05) is 48.5 Å². The van der Waals surface area contributed by atoms with Crippen LogP contribution in [0, 0.1) is 0 Å². The molecule has 0 saturated heterocycles. The van der Waals surface area contributed by atoms with Gasteiger partial charge in [0.2, 0.25) is 5.95 Å². The van der Waals surface area contributed by atoms with Crippen molar-refractivity contribution in [2.24, 2.45) is 0 Å². The summed E-state index contributed by atoms with van der Waals surface area (Å²) in [6.45, 7) is 1.30. The van der Waals surface area contributed by atoms with Gasteiger partial charge in [-0.25, -0.2) is 4.98 Å². The molecule has 3 aromatic carbocycles. The molecule has 6 heteroatoms. The van der Waals surface area contributed by atoms with Crippen LogP contribution >= 0.6 is 0 Å². The molecule has 0 saturated carbocycles. The lowest BCUT2D eigenvalue weighted by Gasteiger charge is -2.10. The number of nitrogen functional groups attached to an aromatic ring is 2. The van der Waals surface area contributed by atoms with Gasteiger partial charge in [0.15, 0.2) is 0 Å². The third kappa shape index (κ3) is 3.39. The normalized spacial score (nSPS) is 11.2. The Morgan fingerprint density at radius 3 is 2.40 bits per heavy atom. The van der Waals surface area contributed by atoms with Gasteiger partial charge in [-0.15, -0.1) is 0 Å². The smallest absolute Gasteiger partial charge is 0.222 e. The van der Waals surface area contributed by atoms with Crippen LogP contribution < -0.4 is 16.2 Å². The number of fused-ring (bicyclic) bond motifs is 3.